The molecule has 0 aromatic carbocycles. The number of pyridine rings is 1. The maximum atomic E-state index is 5.17. The molecule has 0 radical (unpaired) electrons. The Balaban J connectivity index is 2.62. The van der Waals surface area contributed by atoms with Crippen molar-refractivity contribution >= 4 is 11.8 Å². The van der Waals surface area contributed by atoms with Gasteiger partial charge < -0.3 is 0 Å². The molecule has 2 heteroatoms. The maximum Gasteiger partial charge on any atom is 0.0965 e. The summed E-state index contributed by atoms with van der Waals surface area (Å²) < 4.78 is 0. The molecule has 0 aliphatic heterocycles. The van der Waals surface area contributed by atoms with Gasteiger partial charge in [-0.25, -0.2) is 4.98 Å². The molecule has 1 aromatic rings. The van der Waals surface area contributed by atoms with Crippen molar-refractivity contribution in [1.29, 1.82) is 0 Å². The molecule has 0 unspecified atom stereocenters. The van der Waals surface area contributed by atoms with Crippen molar-refractivity contribution in [3.05, 3.63) is 23.4 Å². The molecule has 0 atom stereocenters. The van der Waals surface area contributed by atoms with Crippen molar-refractivity contribution in [2.45, 2.75) is 25.3 Å². The quantitative estimate of drug-likeness (QED) is 0.414. The Bertz CT molecular complexity index is 305. The third kappa shape index (κ3) is 3.52. The number of aryl methyl sites for hydroxylation is 2. The molecule has 0 fully saturated rings. The van der Waals surface area contributed by atoms with E-state index in [1.54, 1.807) is 11.8 Å². The van der Waals surface area contributed by atoms with E-state index >= 15 is 0 Å². The molecule has 0 spiro atoms. The van der Waals surface area contributed by atoms with E-state index in [4.69, 9.17) is 6.42 Å². The predicted molar refractivity (Wildman–Crippen MR) is 57.9 cm³/mol. The lowest BCUT2D eigenvalue weighted by molar-refractivity contribution is 1.04. The highest BCUT2D eigenvalue weighted by Crippen LogP contribution is 2.17. The highest BCUT2D eigenvalue weighted by Gasteiger charge is 1.97. The number of terminal acetylenes is 1. The van der Waals surface area contributed by atoms with Crippen LogP contribution in [0.1, 0.15) is 17.7 Å². The van der Waals surface area contributed by atoms with E-state index in [1.807, 2.05) is 6.92 Å². The van der Waals surface area contributed by atoms with Crippen molar-refractivity contribution in [2.24, 2.45) is 0 Å². The molecule has 0 aliphatic rings. The summed E-state index contributed by atoms with van der Waals surface area (Å²) in [6.45, 7) is 4.10. The van der Waals surface area contributed by atoms with Crippen molar-refractivity contribution < 1.29 is 0 Å². The van der Waals surface area contributed by atoms with Gasteiger partial charge in [-0.3, -0.25) is 0 Å². The third-order valence-corrected chi connectivity index (χ3v) is 2.48. The predicted octanol–water partition coefficient (Wildman–Crippen LogP) is 2.81. The fourth-order valence-electron chi connectivity index (χ4n) is 1.09. The van der Waals surface area contributed by atoms with Crippen molar-refractivity contribution in [3.8, 4) is 12.3 Å². The van der Waals surface area contributed by atoms with E-state index in [1.165, 1.54) is 5.56 Å². The molecule has 0 N–H and O–H groups in total. The number of aromatic nitrogens is 1. The highest BCUT2D eigenvalue weighted by atomic mass is 32.2. The largest absolute Gasteiger partial charge is 0.247 e. The van der Waals surface area contributed by atoms with Crippen LogP contribution in [0.3, 0.4) is 0 Å². The first kappa shape index (κ1) is 10.1. The first-order valence-corrected chi connectivity index (χ1v) is 5.22. The molecule has 1 aromatic heterocycles. The Morgan fingerprint density at radius 1 is 1.46 bits per heavy atom. The second kappa shape index (κ2) is 4.94. The second-order valence-electron chi connectivity index (χ2n) is 2.93. The Morgan fingerprint density at radius 3 is 2.85 bits per heavy atom. The molecule has 1 rings (SSSR count). The molecule has 13 heavy (non-hydrogen) atoms. The minimum atomic E-state index is 0.805. The normalized spacial score (nSPS) is 9.62. The van der Waals surface area contributed by atoms with Gasteiger partial charge in [0.2, 0.25) is 0 Å². The monoisotopic (exact) mass is 191 g/mol. The summed E-state index contributed by atoms with van der Waals surface area (Å²) in [7, 11) is 0. The van der Waals surface area contributed by atoms with Crippen LogP contribution in [-0.4, -0.2) is 10.7 Å². The van der Waals surface area contributed by atoms with E-state index in [-0.39, 0.29) is 0 Å². The van der Waals surface area contributed by atoms with Crippen LogP contribution in [0.25, 0.3) is 0 Å². The minimum Gasteiger partial charge on any atom is -0.247 e. The van der Waals surface area contributed by atoms with Gasteiger partial charge in [-0.2, -0.15) is 0 Å². The molecule has 0 saturated carbocycles. The van der Waals surface area contributed by atoms with Gasteiger partial charge in [-0.15, -0.1) is 24.1 Å². The van der Waals surface area contributed by atoms with Gasteiger partial charge in [0.25, 0.3) is 0 Å². The summed E-state index contributed by atoms with van der Waals surface area (Å²) >= 11 is 1.72. The van der Waals surface area contributed by atoms with Gasteiger partial charge in [0.15, 0.2) is 0 Å². The van der Waals surface area contributed by atoms with Crippen LogP contribution in [-0.2, 0) is 0 Å². The van der Waals surface area contributed by atoms with Gasteiger partial charge in [-0.1, -0.05) is 0 Å². The maximum absolute atomic E-state index is 5.17. The molecular formula is C11H13NS. The average molecular weight is 191 g/mol. The zero-order valence-corrected chi connectivity index (χ0v) is 8.82. The van der Waals surface area contributed by atoms with Crippen molar-refractivity contribution in [1.82, 2.24) is 4.98 Å². The topological polar surface area (TPSA) is 12.9 Å². The second-order valence-corrected chi connectivity index (χ2v) is 4.04. The van der Waals surface area contributed by atoms with Crippen LogP contribution in [0.4, 0.5) is 0 Å². The highest BCUT2D eigenvalue weighted by molar-refractivity contribution is 7.99. The number of nitrogens with zero attached hydrogens (tertiary/aromatic N) is 1. The minimum absolute atomic E-state index is 0.805. The molecule has 0 aliphatic carbocycles. The van der Waals surface area contributed by atoms with Crippen LogP contribution in [0, 0.1) is 26.2 Å². The molecule has 1 heterocycles. The lowest BCUT2D eigenvalue weighted by Gasteiger charge is -2.01. The summed E-state index contributed by atoms with van der Waals surface area (Å²) in [4.78, 5) is 4.40. The summed E-state index contributed by atoms with van der Waals surface area (Å²) in [6, 6.07) is 4.17. The van der Waals surface area contributed by atoms with E-state index in [2.05, 4.69) is 30.0 Å². The number of thioether (sulfide) groups is 1. The third-order valence-electron chi connectivity index (χ3n) is 1.57. The smallest absolute Gasteiger partial charge is 0.0965 e. The lowest BCUT2D eigenvalue weighted by Crippen LogP contribution is -1.87. The van der Waals surface area contributed by atoms with Gasteiger partial charge >= 0.3 is 0 Å². The van der Waals surface area contributed by atoms with Gasteiger partial charge in [-0.05, 0) is 31.5 Å². The van der Waals surface area contributed by atoms with Crippen LogP contribution >= 0.6 is 11.8 Å². The Morgan fingerprint density at radius 2 is 2.23 bits per heavy atom. The van der Waals surface area contributed by atoms with E-state index < -0.39 is 0 Å². The molecule has 68 valence electrons. The first-order valence-electron chi connectivity index (χ1n) is 4.24. The Hall–Kier alpha value is -0.940. The molecule has 0 saturated heterocycles. The van der Waals surface area contributed by atoms with Crippen molar-refractivity contribution in [2.75, 3.05) is 5.75 Å². The summed E-state index contributed by atoms with van der Waals surface area (Å²) in [5, 5.41) is 1.08. The van der Waals surface area contributed by atoms with Crippen LogP contribution in [0.15, 0.2) is 17.2 Å². The van der Waals surface area contributed by atoms with Crippen LogP contribution in [0.5, 0.6) is 0 Å². The SMILES string of the molecule is C#CCCSc1cc(C)cc(C)n1. The lowest BCUT2D eigenvalue weighted by atomic mass is 10.3. The molecule has 1 nitrogen and oxygen atoms in total. The standard InChI is InChI=1S/C11H13NS/c1-4-5-6-13-11-8-9(2)7-10(3)12-11/h1,7-8H,5-6H2,2-3H3. The number of hydrogen-bond acceptors (Lipinski definition) is 2. The summed E-state index contributed by atoms with van der Waals surface area (Å²) in [5.74, 6) is 3.57. The zero-order valence-electron chi connectivity index (χ0n) is 8.00. The Labute approximate surface area is 84.0 Å². The number of rotatable bonds is 3. The summed E-state index contributed by atoms with van der Waals surface area (Å²) in [5.41, 5.74) is 2.33. The van der Waals surface area contributed by atoms with Gasteiger partial charge in [0, 0.05) is 17.9 Å². The van der Waals surface area contributed by atoms with E-state index in [0.29, 0.717) is 0 Å². The van der Waals surface area contributed by atoms with E-state index in [0.717, 1.165) is 22.9 Å². The van der Waals surface area contributed by atoms with Gasteiger partial charge in [0.05, 0.1) is 5.03 Å². The van der Waals surface area contributed by atoms with Gasteiger partial charge in [0.1, 0.15) is 0 Å². The summed E-state index contributed by atoms with van der Waals surface area (Å²) in [6.07, 6.45) is 5.97. The van der Waals surface area contributed by atoms with E-state index in [9.17, 15) is 0 Å². The fourth-order valence-corrected chi connectivity index (χ4v) is 2.00. The zero-order chi connectivity index (χ0) is 9.68. The van der Waals surface area contributed by atoms with Crippen LogP contribution in [0.2, 0.25) is 0 Å². The van der Waals surface area contributed by atoms with Crippen molar-refractivity contribution in [3.63, 3.8) is 0 Å². The first-order chi connectivity index (χ1) is 6.22. The average Bonchev–Trinajstić information content (AvgIpc) is 2.03. The molecule has 0 amide bonds. The fraction of sp³-hybridized carbons (Fsp3) is 0.364. The Kier molecular flexibility index (Phi) is 3.85. The molecular weight excluding hydrogens is 178 g/mol. The number of hydrogen-bond donors (Lipinski definition) is 0. The van der Waals surface area contributed by atoms with Crippen LogP contribution < -0.4 is 0 Å². The molecule has 0 bridgehead atoms.